The Morgan fingerprint density at radius 3 is 2.42 bits per heavy atom. The van der Waals surface area contributed by atoms with Crippen LogP contribution < -0.4 is 0 Å². The van der Waals surface area contributed by atoms with Gasteiger partial charge in [0, 0.05) is 25.5 Å². The highest BCUT2D eigenvalue weighted by Crippen LogP contribution is 2.62. The van der Waals surface area contributed by atoms with E-state index in [1.54, 1.807) is 9.47 Å². The van der Waals surface area contributed by atoms with Crippen molar-refractivity contribution < 1.29 is 13.2 Å². The molecule has 2 aromatic rings. The third kappa shape index (κ3) is 3.10. The Hall–Kier alpha value is -0.380. The first-order valence-electron chi connectivity index (χ1n) is 9.80. The number of carbonyl (C=O) groups is 1. The van der Waals surface area contributed by atoms with Crippen LogP contribution in [0.4, 0.5) is 0 Å². The molecule has 5 rings (SSSR count). The van der Waals surface area contributed by atoms with Crippen molar-refractivity contribution in [2.75, 3.05) is 20.6 Å². The number of piperidine rings is 1. The van der Waals surface area contributed by atoms with Crippen molar-refractivity contribution in [3.8, 4) is 0 Å². The Morgan fingerprint density at radius 1 is 1.12 bits per heavy atom. The summed E-state index contributed by atoms with van der Waals surface area (Å²) in [5.74, 6) is -1.56. The molecule has 2 atom stereocenters. The molecule has 0 bridgehead atoms. The summed E-state index contributed by atoms with van der Waals surface area (Å²) in [5.41, 5.74) is 0.413. The number of carbonyl (C=O) groups excluding carboxylic acids is 1. The summed E-state index contributed by atoms with van der Waals surface area (Å²) >= 11 is 15.8. The lowest BCUT2D eigenvalue weighted by Gasteiger charge is -2.50. The number of amidine groups is 1. The zero-order valence-corrected chi connectivity index (χ0v) is 25.3. The first kappa shape index (κ1) is 24.3. The number of amides is 1. The molecule has 0 aliphatic carbocycles. The number of aromatic nitrogens is 1. The van der Waals surface area contributed by atoms with Gasteiger partial charge in [-0.2, -0.15) is 12.7 Å². The number of thioether (sulfide) groups is 1. The minimum Gasteiger partial charge on any atom is -0.292 e. The molecule has 8 nitrogen and oxygen atoms in total. The molecule has 1 amide bonds. The Balaban J connectivity index is 1.83. The van der Waals surface area contributed by atoms with Gasteiger partial charge >= 0.3 is 10.2 Å². The summed E-state index contributed by atoms with van der Waals surface area (Å²) in [6.45, 7) is 0.451. The third-order valence-corrected chi connectivity index (χ3v) is 13.8. The number of halogens is 4. The summed E-state index contributed by atoms with van der Waals surface area (Å²) in [7, 11) is -0.992. The molecule has 14 heteroatoms. The van der Waals surface area contributed by atoms with Crippen molar-refractivity contribution in [2.24, 2.45) is 4.99 Å². The summed E-state index contributed by atoms with van der Waals surface area (Å²) in [4.78, 5) is 21.2. The number of hydrogen-bond donors (Lipinski definition) is 0. The van der Waals surface area contributed by atoms with E-state index in [1.807, 2.05) is 30.3 Å². The molecular weight excluding hydrogens is 730 g/mol. The van der Waals surface area contributed by atoms with Crippen LogP contribution in [0.5, 0.6) is 0 Å². The Kier molecular flexibility index (Phi) is 5.95. The molecule has 1 spiro atoms. The topological polar surface area (TPSA) is 78.2 Å². The van der Waals surface area contributed by atoms with Crippen molar-refractivity contribution in [2.45, 2.75) is 28.0 Å². The molecule has 0 saturated carbocycles. The van der Waals surface area contributed by atoms with Crippen LogP contribution in [0.3, 0.4) is 0 Å². The number of hydrogen-bond acceptors (Lipinski definition) is 5. The summed E-state index contributed by atoms with van der Waals surface area (Å²) in [6.07, 6.45) is 1.06. The number of rotatable bonds is 3. The molecule has 3 aliphatic rings. The Bertz CT molecular complexity index is 1320. The molecule has 1 aromatic heterocycles. The van der Waals surface area contributed by atoms with E-state index in [2.05, 4.69) is 63.7 Å². The molecule has 176 valence electrons. The van der Waals surface area contributed by atoms with Gasteiger partial charge in [0.25, 0.3) is 11.7 Å². The predicted octanol–water partition coefficient (Wildman–Crippen LogP) is 5.00. The smallest absolute Gasteiger partial charge is 0.292 e. The second-order valence-electron chi connectivity index (χ2n) is 7.92. The third-order valence-electron chi connectivity index (χ3n) is 5.93. The number of nitrogens with zero attached hydrogens (tertiary/aromatic N) is 5. The largest absolute Gasteiger partial charge is 0.306 e. The Morgan fingerprint density at radius 2 is 1.79 bits per heavy atom. The lowest BCUT2D eigenvalue weighted by molar-refractivity contribution is -0.0160. The van der Waals surface area contributed by atoms with Gasteiger partial charge in [0.1, 0.15) is 10.3 Å². The fourth-order valence-corrected chi connectivity index (χ4v) is 10.3. The quantitative estimate of drug-likeness (QED) is 0.328. The summed E-state index contributed by atoms with van der Waals surface area (Å²) in [6, 6.07) is 9.47. The maximum atomic E-state index is 13.7. The van der Waals surface area contributed by atoms with Crippen LogP contribution in [0.2, 0.25) is 0 Å². The highest BCUT2D eigenvalue weighted by molar-refractivity contribution is 9.14. The first-order chi connectivity index (χ1) is 15.5. The average molecular weight is 747 g/mol. The van der Waals surface area contributed by atoms with Gasteiger partial charge in [0.2, 0.25) is 0 Å². The maximum Gasteiger partial charge on any atom is 0.306 e. The van der Waals surface area contributed by atoms with E-state index >= 15 is 0 Å². The zero-order valence-electron chi connectivity index (χ0n) is 17.3. The molecule has 33 heavy (non-hydrogen) atoms. The summed E-state index contributed by atoms with van der Waals surface area (Å²) in [5, 5.41) is 0.284. The van der Waals surface area contributed by atoms with Gasteiger partial charge in [-0.3, -0.25) is 14.3 Å². The van der Waals surface area contributed by atoms with E-state index in [4.69, 9.17) is 4.99 Å². The predicted molar refractivity (Wildman–Crippen MR) is 142 cm³/mol. The van der Waals surface area contributed by atoms with E-state index in [9.17, 15) is 13.2 Å². The number of benzene rings is 1. The van der Waals surface area contributed by atoms with E-state index < -0.39 is 20.4 Å². The van der Waals surface area contributed by atoms with Gasteiger partial charge in [-0.15, -0.1) is 0 Å². The van der Waals surface area contributed by atoms with E-state index in [1.165, 1.54) is 34.5 Å². The average Bonchev–Trinajstić information content (AvgIpc) is 3.27. The normalized spacial score (nSPS) is 26.5. The molecule has 1 fully saturated rings. The second-order valence-corrected chi connectivity index (χ2v) is 14.6. The van der Waals surface area contributed by atoms with Gasteiger partial charge in [0.15, 0.2) is 9.62 Å². The number of aliphatic imine (C=N–C) groups is 1. The molecule has 4 heterocycles. The molecule has 1 saturated heterocycles. The minimum atomic E-state index is -3.98. The lowest BCUT2D eigenvalue weighted by Crippen LogP contribution is -2.66. The van der Waals surface area contributed by atoms with Crippen LogP contribution in [0.25, 0.3) is 0 Å². The lowest BCUT2D eigenvalue weighted by atomic mass is 9.98. The van der Waals surface area contributed by atoms with Crippen LogP contribution in [-0.4, -0.2) is 62.7 Å². The van der Waals surface area contributed by atoms with Crippen molar-refractivity contribution >= 4 is 96.8 Å². The van der Waals surface area contributed by atoms with Crippen molar-refractivity contribution in [3.05, 3.63) is 49.6 Å². The molecule has 1 aromatic carbocycles. The van der Waals surface area contributed by atoms with E-state index in [0.717, 1.165) is 4.90 Å². The molecule has 0 N–H and O–H groups in total. The van der Waals surface area contributed by atoms with Gasteiger partial charge in [-0.25, -0.2) is 9.30 Å². The van der Waals surface area contributed by atoms with Crippen LogP contribution in [0.1, 0.15) is 23.3 Å². The minimum absolute atomic E-state index is 0.214. The molecule has 0 unspecified atom stereocenters. The maximum absolute atomic E-state index is 13.7. The molecule has 0 radical (unpaired) electrons. The van der Waals surface area contributed by atoms with Gasteiger partial charge in [-0.05, 0) is 72.8 Å². The zero-order chi connectivity index (χ0) is 23.9. The highest BCUT2D eigenvalue weighted by atomic mass is 79.9. The van der Waals surface area contributed by atoms with Crippen LogP contribution >= 0.6 is 75.5 Å². The van der Waals surface area contributed by atoms with Gasteiger partial charge in [0.05, 0.1) is 8.95 Å². The number of fused-ring (bicyclic) bond motifs is 1. The fourth-order valence-electron chi connectivity index (χ4n) is 4.50. The van der Waals surface area contributed by atoms with Crippen LogP contribution in [-0.2, 0) is 16.0 Å². The first-order valence-corrected chi connectivity index (χ1v) is 15.2. The fraction of sp³-hybridized carbons (Fsp3) is 0.368. The highest BCUT2D eigenvalue weighted by Gasteiger charge is 2.73. The van der Waals surface area contributed by atoms with Crippen LogP contribution in [0, 0.1) is 0 Å². The van der Waals surface area contributed by atoms with E-state index in [0.29, 0.717) is 38.6 Å². The van der Waals surface area contributed by atoms with E-state index in [-0.39, 0.29) is 11.1 Å². The second kappa shape index (κ2) is 8.07. The van der Waals surface area contributed by atoms with Gasteiger partial charge < -0.3 is 0 Å². The van der Waals surface area contributed by atoms with Crippen molar-refractivity contribution in [3.63, 3.8) is 0 Å². The molecule has 3 aliphatic heterocycles. The molecular formula is C19H17Br4N5O3S2. The summed E-state index contributed by atoms with van der Waals surface area (Å²) < 4.78 is 32.3. The van der Waals surface area contributed by atoms with Crippen LogP contribution in [0.15, 0.2) is 53.8 Å². The number of alkyl halides is 1. The SMILES string of the molecule is CN(C)S(=O)(=O)N1C(Sc2ccccc2)=N[C@@]23N(CCC[C@@]12Br)C(=O)c1c(Br)c(Br)c(Br)n13. The Labute approximate surface area is 229 Å². The van der Waals surface area contributed by atoms with Gasteiger partial charge in [-0.1, -0.05) is 45.9 Å². The standard InChI is InChI=1S/C19H17Br4N5O3S2/c1-25(2)33(30,31)28-17(32-11-7-4-3-5-8-11)24-19-18(28,23)9-6-10-26(19)16(29)14-12(20)13(21)15(22)27(14)19/h3-5,7-8H,6,9-10H2,1-2H3/t18-,19-/m1/s1. The van der Waals surface area contributed by atoms with Crippen molar-refractivity contribution in [1.82, 2.24) is 18.1 Å². The monoisotopic (exact) mass is 743 g/mol. The van der Waals surface area contributed by atoms with Crippen molar-refractivity contribution in [1.29, 1.82) is 0 Å².